The minimum Gasteiger partial charge on any atom is -0.508 e. The zero-order valence-corrected chi connectivity index (χ0v) is 9.69. The lowest BCUT2D eigenvalue weighted by molar-refractivity contribution is -0.130. The molecular weight excluding hydrogens is 204 g/mol. The standard InChI is InChI=1S/C13H16O3/c1-13(2,3)8-11(12(15)16)9-4-6-10(14)7-5-9/h4-8,14H,1-3H3,(H,15,16). The molecular formula is C13H16O3. The highest BCUT2D eigenvalue weighted by Gasteiger charge is 2.15. The van der Waals surface area contributed by atoms with Gasteiger partial charge in [-0.25, -0.2) is 4.79 Å². The topological polar surface area (TPSA) is 57.5 Å². The maximum absolute atomic E-state index is 11.1. The van der Waals surface area contributed by atoms with Crippen molar-refractivity contribution in [2.24, 2.45) is 5.41 Å². The first-order chi connectivity index (χ1) is 7.29. The first kappa shape index (κ1) is 12.3. The number of phenolic OH excluding ortho intramolecular Hbond substituents is 1. The molecule has 0 saturated heterocycles. The molecule has 0 fully saturated rings. The minimum atomic E-state index is -0.958. The van der Waals surface area contributed by atoms with Gasteiger partial charge in [-0.3, -0.25) is 0 Å². The quantitative estimate of drug-likeness (QED) is 0.753. The van der Waals surface area contributed by atoms with E-state index in [-0.39, 0.29) is 16.7 Å². The summed E-state index contributed by atoms with van der Waals surface area (Å²) in [6.45, 7) is 5.82. The molecule has 3 heteroatoms. The number of rotatable bonds is 2. The van der Waals surface area contributed by atoms with E-state index in [1.54, 1.807) is 18.2 Å². The van der Waals surface area contributed by atoms with Gasteiger partial charge in [0.25, 0.3) is 0 Å². The van der Waals surface area contributed by atoms with Gasteiger partial charge in [-0.05, 0) is 23.1 Å². The van der Waals surface area contributed by atoms with Gasteiger partial charge >= 0.3 is 5.97 Å². The summed E-state index contributed by atoms with van der Waals surface area (Å²) < 4.78 is 0. The van der Waals surface area contributed by atoms with E-state index in [1.165, 1.54) is 12.1 Å². The van der Waals surface area contributed by atoms with Crippen LogP contribution in [0.2, 0.25) is 0 Å². The third kappa shape index (κ3) is 3.42. The fourth-order valence-corrected chi connectivity index (χ4v) is 1.34. The van der Waals surface area contributed by atoms with E-state index in [4.69, 9.17) is 10.2 Å². The smallest absolute Gasteiger partial charge is 0.335 e. The molecule has 2 N–H and O–H groups in total. The highest BCUT2D eigenvalue weighted by atomic mass is 16.4. The van der Waals surface area contributed by atoms with Crippen LogP contribution in [0.25, 0.3) is 5.57 Å². The number of carboxylic acid groups (broad SMARTS) is 1. The van der Waals surface area contributed by atoms with Gasteiger partial charge in [-0.2, -0.15) is 0 Å². The summed E-state index contributed by atoms with van der Waals surface area (Å²) in [7, 11) is 0. The molecule has 0 aliphatic carbocycles. The van der Waals surface area contributed by atoms with Crippen LogP contribution in [-0.4, -0.2) is 16.2 Å². The van der Waals surface area contributed by atoms with E-state index in [2.05, 4.69) is 0 Å². The van der Waals surface area contributed by atoms with Crippen LogP contribution in [-0.2, 0) is 4.79 Å². The van der Waals surface area contributed by atoms with Crippen LogP contribution in [0.4, 0.5) is 0 Å². The van der Waals surface area contributed by atoms with Crippen molar-refractivity contribution in [3.05, 3.63) is 35.9 Å². The van der Waals surface area contributed by atoms with Crippen LogP contribution >= 0.6 is 0 Å². The molecule has 0 aliphatic rings. The van der Waals surface area contributed by atoms with Gasteiger partial charge in [0.1, 0.15) is 5.75 Å². The van der Waals surface area contributed by atoms with E-state index in [0.29, 0.717) is 5.56 Å². The van der Waals surface area contributed by atoms with Gasteiger partial charge in [-0.1, -0.05) is 39.0 Å². The maximum atomic E-state index is 11.1. The molecule has 16 heavy (non-hydrogen) atoms. The summed E-state index contributed by atoms with van der Waals surface area (Å²) in [5.74, 6) is -0.829. The van der Waals surface area contributed by atoms with Crippen LogP contribution in [0.5, 0.6) is 5.75 Å². The SMILES string of the molecule is CC(C)(C)C=C(C(=O)O)c1ccc(O)cc1. The number of allylic oxidation sites excluding steroid dienone is 1. The predicted molar refractivity (Wildman–Crippen MR) is 63.2 cm³/mol. The fraction of sp³-hybridized carbons (Fsp3) is 0.308. The van der Waals surface area contributed by atoms with Crippen molar-refractivity contribution in [1.29, 1.82) is 0 Å². The first-order valence-electron chi connectivity index (χ1n) is 5.05. The fourth-order valence-electron chi connectivity index (χ4n) is 1.34. The Kier molecular flexibility index (Phi) is 3.38. The Hall–Kier alpha value is -1.77. The number of hydrogen-bond acceptors (Lipinski definition) is 2. The number of aromatic hydroxyl groups is 1. The number of phenols is 1. The summed E-state index contributed by atoms with van der Waals surface area (Å²) in [4.78, 5) is 11.1. The molecule has 0 amide bonds. The van der Waals surface area contributed by atoms with E-state index in [1.807, 2.05) is 20.8 Å². The lowest BCUT2D eigenvalue weighted by Crippen LogP contribution is -2.07. The molecule has 0 aromatic heterocycles. The third-order valence-corrected chi connectivity index (χ3v) is 1.99. The van der Waals surface area contributed by atoms with Gasteiger partial charge < -0.3 is 10.2 Å². The number of benzene rings is 1. The Bertz CT molecular complexity index is 408. The van der Waals surface area contributed by atoms with Gasteiger partial charge in [0.05, 0.1) is 5.57 Å². The van der Waals surface area contributed by atoms with Crippen LogP contribution in [0.3, 0.4) is 0 Å². The molecule has 86 valence electrons. The van der Waals surface area contributed by atoms with Crippen molar-refractivity contribution in [1.82, 2.24) is 0 Å². The normalized spacial score (nSPS) is 12.6. The van der Waals surface area contributed by atoms with E-state index < -0.39 is 5.97 Å². The van der Waals surface area contributed by atoms with Crippen molar-refractivity contribution in [2.75, 3.05) is 0 Å². The van der Waals surface area contributed by atoms with E-state index in [9.17, 15) is 4.79 Å². The molecule has 0 bridgehead atoms. The Balaban J connectivity index is 3.19. The van der Waals surface area contributed by atoms with Crippen LogP contribution < -0.4 is 0 Å². The number of aliphatic carboxylic acids is 1. The zero-order chi connectivity index (χ0) is 12.3. The number of carbonyl (C=O) groups is 1. The molecule has 1 aromatic carbocycles. The van der Waals surface area contributed by atoms with Gasteiger partial charge in [0, 0.05) is 0 Å². The molecule has 1 rings (SSSR count). The Morgan fingerprint density at radius 2 is 1.69 bits per heavy atom. The van der Waals surface area contributed by atoms with Crippen LogP contribution in [0, 0.1) is 5.41 Å². The molecule has 3 nitrogen and oxygen atoms in total. The van der Waals surface area contributed by atoms with Gasteiger partial charge in [-0.15, -0.1) is 0 Å². The average molecular weight is 220 g/mol. The van der Waals surface area contributed by atoms with Gasteiger partial charge in [0.2, 0.25) is 0 Å². The van der Waals surface area contributed by atoms with Crippen LogP contribution in [0.1, 0.15) is 26.3 Å². The molecule has 1 aromatic rings. The largest absolute Gasteiger partial charge is 0.508 e. The lowest BCUT2D eigenvalue weighted by Gasteiger charge is -2.14. The molecule has 0 atom stereocenters. The van der Waals surface area contributed by atoms with Crippen molar-refractivity contribution in [2.45, 2.75) is 20.8 Å². The van der Waals surface area contributed by atoms with Crippen LogP contribution in [0.15, 0.2) is 30.3 Å². The predicted octanol–water partition coefficient (Wildman–Crippen LogP) is 2.91. The van der Waals surface area contributed by atoms with Crippen molar-refractivity contribution < 1.29 is 15.0 Å². The zero-order valence-electron chi connectivity index (χ0n) is 9.69. The molecule has 0 spiro atoms. The number of carboxylic acids is 1. The monoisotopic (exact) mass is 220 g/mol. The minimum absolute atomic E-state index is 0.129. The Morgan fingerprint density at radius 1 is 1.19 bits per heavy atom. The molecule has 0 unspecified atom stereocenters. The van der Waals surface area contributed by atoms with Crippen molar-refractivity contribution in [3.63, 3.8) is 0 Å². The molecule has 0 heterocycles. The second-order valence-corrected chi connectivity index (χ2v) is 4.78. The summed E-state index contributed by atoms with van der Waals surface area (Å²) in [6.07, 6.45) is 1.71. The summed E-state index contributed by atoms with van der Waals surface area (Å²) >= 11 is 0. The second-order valence-electron chi connectivity index (χ2n) is 4.78. The van der Waals surface area contributed by atoms with Crippen molar-refractivity contribution in [3.8, 4) is 5.75 Å². The molecule has 0 saturated carbocycles. The maximum Gasteiger partial charge on any atom is 0.335 e. The summed E-state index contributed by atoms with van der Waals surface area (Å²) in [6, 6.07) is 6.16. The molecule has 0 aliphatic heterocycles. The first-order valence-corrected chi connectivity index (χ1v) is 5.05. The van der Waals surface area contributed by atoms with E-state index in [0.717, 1.165) is 0 Å². The van der Waals surface area contributed by atoms with Crippen molar-refractivity contribution >= 4 is 11.5 Å². The number of hydrogen-bond donors (Lipinski definition) is 2. The van der Waals surface area contributed by atoms with E-state index >= 15 is 0 Å². The summed E-state index contributed by atoms with van der Waals surface area (Å²) in [5.41, 5.74) is 0.652. The average Bonchev–Trinajstić information content (AvgIpc) is 2.14. The highest BCUT2D eigenvalue weighted by molar-refractivity contribution is 6.15. The lowest BCUT2D eigenvalue weighted by atomic mass is 9.91. The third-order valence-electron chi connectivity index (χ3n) is 1.99. The Labute approximate surface area is 95.0 Å². The molecule has 0 radical (unpaired) electrons. The van der Waals surface area contributed by atoms with Gasteiger partial charge in [0.15, 0.2) is 0 Å². The Morgan fingerprint density at radius 3 is 2.06 bits per heavy atom. The second kappa shape index (κ2) is 4.39. The highest BCUT2D eigenvalue weighted by Crippen LogP contribution is 2.25. The summed E-state index contributed by atoms with van der Waals surface area (Å²) in [5, 5.41) is 18.3.